The monoisotopic (exact) mass is 302 g/mol. The van der Waals surface area contributed by atoms with Crippen LogP contribution in [0.4, 0.5) is 0 Å². The molecule has 0 bridgehead atoms. The highest BCUT2D eigenvalue weighted by molar-refractivity contribution is 5.77. The van der Waals surface area contributed by atoms with Gasteiger partial charge in [-0.2, -0.15) is 0 Å². The maximum Gasteiger partial charge on any atom is 0.106 e. The summed E-state index contributed by atoms with van der Waals surface area (Å²) in [4.78, 5) is 4.80. The number of aryl methyl sites for hydroxylation is 1. The van der Waals surface area contributed by atoms with Crippen molar-refractivity contribution in [2.45, 2.75) is 86.6 Å². The number of aromatic nitrogens is 2. The summed E-state index contributed by atoms with van der Waals surface area (Å²) >= 11 is 0. The minimum absolute atomic E-state index is 1.09. The lowest BCUT2D eigenvalue weighted by Crippen LogP contribution is -2.06. The van der Waals surface area contributed by atoms with E-state index >= 15 is 0 Å². The molecule has 1 aliphatic rings. The Kier molecular flexibility index (Phi) is 7.64. The van der Waals surface area contributed by atoms with E-state index in [9.17, 15) is 0 Å². The predicted molar refractivity (Wildman–Crippen MR) is 99.0 cm³/mol. The second-order valence-corrected chi connectivity index (χ2v) is 6.11. The lowest BCUT2D eigenvalue weighted by molar-refractivity contribution is 0.585. The molecule has 124 valence electrons. The van der Waals surface area contributed by atoms with E-state index in [1.807, 2.05) is 13.8 Å². The molecule has 22 heavy (non-hydrogen) atoms. The van der Waals surface area contributed by atoms with Gasteiger partial charge in [0.15, 0.2) is 0 Å². The van der Waals surface area contributed by atoms with Crippen LogP contribution in [0.2, 0.25) is 0 Å². The van der Waals surface area contributed by atoms with Gasteiger partial charge in [-0.1, -0.05) is 45.8 Å². The van der Waals surface area contributed by atoms with Crippen molar-refractivity contribution >= 4 is 11.1 Å². The van der Waals surface area contributed by atoms with Crippen molar-refractivity contribution in [1.29, 1.82) is 0 Å². The lowest BCUT2D eigenvalue weighted by Gasteiger charge is -2.13. The highest BCUT2D eigenvalue weighted by atomic mass is 15.1. The number of nitrogens with zero attached hydrogens (tertiary/aromatic N) is 2. The molecular weight excluding hydrogens is 268 g/mol. The summed E-state index contributed by atoms with van der Waals surface area (Å²) in [5, 5.41) is 0. The largest absolute Gasteiger partial charge is 0.328 e. The third-order valence-electron chi connectivity index (χ3n) is 4.33. The molecule has 0 fully saturated rings. The van der Waals surface area contributed by atoms with Crippen LogP contribution in [-0.4, -0.2) is 9.55 Å². The van der Waals surface area contributed by atoms with Gasteiger partial charge in [0.05, 0.1) is 11.4 Å². The maximum absolute atomic E-state index is 4.80. The summed E-state index contributed by atoms with van der Waals surface area (Å²) in [6, 6.07) is 0. The first kappa shape index (κ1) is 18.7. The van der Waals surface area contributed by atoms with Crippen LogP contribution in [0.5, 0.6) is 0 Å². The molecule has 0 N–H and O–H groups in total. The zero-order valence-corrected chi connectivity index (χ0v) is 15.6. The fourth-order valence-electron chi connectivity index (χ4n) is 3.18. The lowest BCUT2D eigenvalue weighted by atomic mass is 10.0. The highest BCUT2D eigenvalue weighted by Gasteiger charge is 2.22. The van der Waals surface area contributed by atoms with Crippen molar-refractivity contribution in [1.82, 2.24) is 9.55 Å². The summed E-state index contributed by atoms with van der Waals surface area (Å²) in [7, 11) is 0. The number of rotatable bonds is 6. The fourth-order valence-corrected chi connectivity index (χ4v) is 3.18. The number of hydrogen-bond donors (Lipinski definition) is 0. The van der Waals surface area contributed by atoms with E-state index in [-0.39, 0.29) is 0 Å². The van der Waals surface area contributed by atoms with Gasteiger partial charge in [-0.3, -0.25) is 0 Å². The molecule has 1 aromatic heterocycles. The van der Waals surface area contributed by atoms with Gasteiger partial charge in [-0.15, -0.1) is 0 Å². The van der Waals surface area contributed by atoms with Crippen LogP contribution >= 0.6 is 0 Å². The Balaban J connectivity index is 0.00000116. The van der Waals surface area contributed by atoms with Crippen molar-refractivity contribution in [3.05, 3.63) is 29.4 Å². The molecule has 1 aromatic rings. The first-order chi connectivity index (χ1) is 10.6. The average molecular weight is 303 g/mol. The van der Waals surface area contributed by atoms with Crippen molar-refractivity contribution in [2.24, 2.45) is 0 Å². The molecule has 2 heteroatoms. The topological polar surface area (TPSA) is 17.8 Å². The third kappa shape index (κ3) is 4.12. The van der Waals surface area contributed by atoms with Gasteiger partial charge in [0, 0.05) is 6.54 Å². The van der Waals surface area contributed by atoms with Crippen molar-refractivity contribution in [3.63, 3.8) is 0 Å². The molecule has 0 saturated heterocycles. The van der Waals surface area contributed by atoms with E-state index in [1.54, 1.807) is 5.57 Å². The Morgan fingerprint density at radius 2 is 1.86 bits per heavy atom. The van der Waals surface area contributed by atoms with Gasteiger partial charge in [0.1, 0.15) is 5.82 Å². The van der Waals surface area contributed by atoms with Crippen LogP contribution in [-0.2, 0) is 6.54 Å². The summed E-state index contributed by atoms with van der Waals surface area (Å²) < 4.78 is 2.43. The Hall–Kier alpha value is -1.31. The first-order valence-corrected chi connectivity index (χ1v) is 8.98. The van der Waals surface area contributed by atoms with E-state index in [1.165, 1.54) is 49.8 Å². The van der Waals surface area contributed by atoms with Gasteiger partial charge in [-0.05, 0) is 57.6 Å². The molecular formula is C20H34N2. The van der Waals surface area contributed by atoms with Gasteiger partial charge in [-0.25, -0.2) is 4.98 Å². The molecule has 0 atom stereocenters. The van der Waals surface area contributed by atoms with E-state index in [0.717, 1.165) is 23.6 Å². The second kappa shape index (κ2) is 8.97. The van der Waals surface area contributed by atoms with Crippen LogP contribution in [0, 0.1) is 6.92 Å². The van der Waals surface area contributed by atoms with E-state index in [0.29, 0.717) is 0 Å². The zero-order chi connectivity index (χ0) is 16.7. The van der Waals surface area contributed by atoms with E-state index in [4.69, 9.17) is 4.98 Å². The van der Waals surface area contributed by atoms with Gasteiger partial charge >= 0.3 is 0 Å². The Labute approximate surface area is 137 Å². The molecule has 0 unspecified atom stereocenters. The van der Waals surface area contributed by atoms with Crippen LogP contribution in [0.25, 0.3) is 11.1 Å². The average Bonchev–Trinajstić information content (AvgIpc) is 3.05. The molecule has 0 aliphatic heterocycles. The maximum atomic E-state index is 4.80. The Morgan fingerprint density at radius 1 is 1.18 bits per heavy atom. The molecule has 2 rings (SSSR count). The SMILES string of the molecule is C=C(C)c1nc(C)n(CCCCC)c1C1=C(C)CCC1.CC. The van der Waals surface area contributed by atoms with Gasteiger partial charge < -0.3 is 4.57 Å². The van der Waals surface area contributed by atoms with Crippen LogP contribution in [0.15, 0.2) is 12.2 Å². The molecule has 0 radical (unpaired) electrons. The molecule has 2 nitrogen and oxygen atoms in total. The third-order valence-corrected chi connectivity index (χ3v) is 4.33. The fraction of sp³-hybridized carbons (Fsp3) is 0.650. The van der Waals surface area contributed by atoms with Gasteiger partial charge in [0.2, 0.25) is 0 Å². The van der Waals surface area contributed by atoms with Crippen LogP contribution in [0.1, 0.15) is 90.4 Å². The number of allylic oxidation sites excluding steroid dienone is 3. The molecule has 0 aromatic carbocycles. The smallest absolute Gasteiger partial charge is 0.106 e. The van der Waals surface area contributed by atoms with Crippen LogP contribution in [0.3, 0.4) is 0 Å². The quantitative estimate of drug-likeness (QED) is 0.556. The standard InChI is InChI=1S/C18H28N2.C2H6/c1-6-7-8-12-20-15(5)19-17(13(2)3)18(20)16-11-9-10-14(16)4;1-2/h2,6-12H2,1,3-5H3;1-2H3. The summed E-state index contributed by atoms with van der Waals surface area (Å²) in [6.07, 6.45) is 7.52. The number of unbranched alkanes of at least 4 members (excludes halogenated alkanes) is 2. The second-order valence-electron chi connectivity index (χ2n) is 6.11. The van der Waals surface area contributed by atoms with Crippen molar-refractivity contribution < 1.29 is 0 Å². The molecule has 1 heterocycles. The zero-order valence-electron chi connectivity index (χ0n) is 15.6. The molecule has 0 amide bonds. The summed E-state index contributed by atoms with van der Waals surface area (Å²) in [5.74, 6) is 1.14. The molecule has 0 spiro atoms. The van der Waals surface area contributed by atoms with E-state index in [2.05, 4.69) is 38.8 Å². The summed E-state index contributed by atoms with van der Waals surface area (Å²) in [5.41, 5.74) is 6.64. The minimum Gasteiger partial charge on any atom is -0.328 e. The normalized spacial score (nSPS) is 14.1. The Morgan fingerprint density at radius 3 is 2.36 bits per heavy atom. The number of imidazole rings is 1. The highest BCUT2D eigenvalue weighted by Crippen LogP contribution is 2.37. The number of hydrogen-bond acceptors (Lipinski definition) is 1. The Bertz CT molecular complexity index is 532. The van der Waals surface area contributed by atoms with Crippen molar-refractivity contribution in [2.75, 3.05) is 0 Å². The van der Waals surface area contributed by atoms with Crippen LogP contribution < -0.4 is 0 Å². The minimum atomic E-state index is 1.09. The van der Waals surface area contributed by atoms with Gasteiger partial charge in [0.25, 0.3) is 0 Å². The molecule has 0 saturated carbocycles. The predicted octanol–water partition coefficient (Wildman–Crippen LogP) is 6.40. The first-order valence-electron chi connectivity index (χ1n) is 8.98. The van der Waals surface area contributed by atoms with Crippen molar-refractivity contribution in [3.8, 4) is 0 Å². The van der Waals surface area contributed by atoms with E-state index < -0.39 is 0 Å². The summed E-state index contributed by atoms with van der Waals surface area (Å²) in [6.45, 7) is 18.0. The molecule has 1 aliphatic carbocycles.